The van der Waals surface area contributed by atoms with Crippen LogP contribution in [0.2, 0.25) is 0 Å². The third-order valence-electron chi connectivity index (χ3n) is 3.74. The van der Waals surface area contributed by atoms with Crippen LogP contribution in [0.1, 0.15) is 24.4 Å². The number of ether oxygens (including phenoxy) is 3. The monoisotopic (exact) mass is 265 g/mol. The summed E-state index contributed by atoms with van der Waals surface area (Å²) in [5.41, 5.74) is 1.22. The Labute approximate surface area is 115 Å². The predicted octanol–water partition coefficient (Wildman–Crippen LogP) is 2.49. The number of rotatable bonds is 6. The minimum atomic E-state index is 0.403. The van der Waals surface area contributed by atoms with Crippen molar-refractivity contribution in [3.63, 3.8) is 0 Å². The molecule has 0 bridgehead atoms. The Morgan fingerprint density at radius 3 is 2.74 bits per heavy atom. The fourth-order valence-corrected chi connectivity index (χ4v) is 2.75. The van der Waals surface area contributed by atoms with Crippen molar-refractivity contribution in [1.29, 1.82) is 0 Å². The summed E-state index contributed by atoms with van der Waals surface area (Å²) in [5, 5.41) is 0. The summed E-state index contributed by atoms with van der Waals surface area (Å²) in [4.78, 5) is 2.46. The molecule has 4 nitrogen and oxygen atoms in total. The van der Waals surface area contributed by atoms with Gasteiger partial charge in [-0.2, -0.15) is 0 Å². The Bertz CT molecular complexity index is 408. The third-order valence-corrected chi connectivity index (χ3v) is 3.74. The van der Waals surface area contributed by atoms with E-state index in [1.807, 2.05) is 12.1 Å². The quantitative estimate of drug-likeness (QED) is 0.790. The largest absolute Gasteiger partial charge is 0.497 e. The summed E-state index contributed by atoms with van der Waals surface area (Å²) < 4.78 is 16.0. The van der Waals surface area contributed by atoms with Crippen LogP contribution in [0.4, 0.5) is 0 Å². The highest BCUT2D eigenvalue weighted by molar-refractivity contribution is 5.42. The molecule has 0 spiro atoms. The number of nitrogens with zero attached hydrogens (tertiary/aromatic N) is 1. The minimum Gasteiger partial charge on any atom is -0.497 e. The maximum atomic E-state index is 5.50. The number of likely N-dealkylation sites (tertiary alicyclic amines) is 1. The molecule has 0 amide bonds. The molecule has 0 N–H and O–H groups in total. The Morgan fingerprint density at radius 1 is 1.21 bits per heavy atom. The standard InChI is InChI=1S/C15H23NO3/c1-17-10-9-16-8-4-5-14(16)13-11-12(18-2)6-7-15(13)19-3/h6-7,11,14H,4-5,8-10H2,1-3H3. The lowest BCUT2D eigenvalue weighted by Gasteiger charge is -2.26. The van der Waals surface area contributed by atoms with Crippen LogP contribution in [0.3, 0.4) is 0 Å². The lowest BCUT2D eigenvalue weighted by Crippen LogP contribution is -2.27. The molecule has 0 aliphatic carbocycles. The average Bonchev–Trinajstić information content (AvgIpc) is 2.92. The molecule has 4 heteroatoms. The maximum Gasteiger partial charge on any atom is 0.123 e. The first-order valence-electron chi connectivity index (χ1n) is 6.75. The van der Waals surface area contributed by atoms with Crippen LogP contribution in [0.5, 0.6) is 11.5 Å². The normalized spacial score (nSPS) is 19.6. The summed E-state index contributed by atoms with van der Waals surface area (Å²) in [5.74, 6) is 1.82. The van der Waals surface area contributed by atoms with Crippen LogP contribution in [0.15, 0.2) is 18.2 Å². The van der Waals surface area contributed by atoms with Crippen LogP contribution in [0.25, 0.3) is 0 Å². The molecule has 1 aliphatic heterocycles. The minimum absolute atomic E-state index is 0.403. The molecular weight excluding hydrogens is 242 g/mol. The van der Waals surface area contributed by atoms with Crippen molar-refractivity contribution >= 4 is 0 Å². The zero-order chi connectivity index (χ0) is 13.7. The van der Waals surface area contributed by atoms with E-state index in [1.165, 1.54) is 12.0 Å². The lowest BCUT2D eigenvalue weighted by atomic mass is 10.0. The Balaban J connectivity index is 2.23. The Kier molecular flexibility index (Phi) is 5.05. The first-order chi connectivity index (χ1) is 9.30. The molecule has 1 aromatic rings. The van der Waals surface area contributed by atoms with Gasteiger partial charge in [0.2, 0.25) is 0 Å². The van der Waals surface area contributed by atoms with Gasteiger partial charge >= 0.3 is 0 Å². The van der Waals surface area contributed by atoms with Crippen molar-refractivity contribution in [2.24, 2.45) is 0 Å². The van der Waals surface area contributed by atoms with Gasteiger partial charge in [-0.25, -0.2) is 0 Å². The molecule has 0 radical (unpaired) electrons. The van der Waals surface area contributed by atoms with Gasteiger partial charge in [-0.05, 0) is 37.6 Å². The van der Waals surface area contributed by atoms with Crippen molar-refractivity contribution in [2.75, 3.05) is 41.0 Å². The lowest BCUT2D eigenvalue weighted by molar-refractivity contribution is 0.140. The van der Waals surface area contributed by atoms with E-state index in [2.05, 4.69) is 11.0 Å². The van der Waals surface area contributed by atoms with Crippen molar-refractivity contribution in [2.45, 2.75) is 18.9 Å². The van der Waals surface area contributed by atoms with Gasteiger partial charge in [0.15, 0.2) is 0 Å². The molecular formula is C15H23NO3. The topological polar surface area (TPSA) is 30.9 Å². The second-order valence-electron chi connectivity index (χ2n) is 4.79. The first kappa shape index (κ1) is 14.2. The number of hydrogen-bond donors (Lipinski definition) is 0. The zero-order valence-electron chi connectivity index (χ0n) is 12.0. The van der Waals surface area contributed by atoms with E-state index < -0.39 is 0 Å². The summed E-state index contributed by atoms with van der Waals surface area (Å²) >= 11 is 0. The fourth-order valence-electron chi connectivity index (χ4n) is 2.75. The molecule has 2 rings (SSSR count). The summed E-state index contributed by atoms with van der Waals surface area (Å²) in [6, 6.07) is 6.42. The molecule has 19 heavy (non-hydrogen) atoms. The molecule has 1 atom stereocenters. The average molecular weight is 265 g/mol. The van der Waals surface area contributed by atoms with Crippen molar-refractivity contribution in [3.8, 4) is 11.5 Å². The summed E-state index contributed by atoms with van der Waals surface area (Å²) in [7, 11) is 5.17. The van der Waals surface area contributed by atoms with Crippen LogP contribution >= 0.6 is 0 Å². The molecule has 0 saturated carbocycles. The van der Waals surface area contributed by atoms with Gasteiger partial charge in [0.05, 0.1) is 20.8 Å². The van der Waals surface area contributed by atoms with Crippen molar-refractivity contribution in [1.82, 2.24) is 4.90 Å². The number of methoxy groups -OCH3 is 3. The predicted molar refractivity (Wildman–Crippen MR) is 75.0 cm³/mol. The molecule has 1 fully saturated rings. The van der Waals surface area contributed by atoms with Crippen LogP contribution in [0, 0.1) is 0 Å². The highest BCUT2D eigenvalue weighted by atomic mass is 16.5. The fraction of sp³-hybridized carbons (Fsp3) is 0.600. The highest BCUT2D eigenvalue weighted by Gasteiger charge is 2.28. The molecule has 1 aliphatic rings. The van der Waals surface area contributed by atoms with Gasteiger partial charge < -0.3 is 14.2 Å². The number of benzene rings is 1. The van der Waals surface area contributed by atoms with E-state index in [9.17, 15) is 0 Å². The van der Waals surface area contributed by atoms with Crippen molar-refractivity contribution < 1.29 is 14.2 Å². The van der Waals surface area contributed by atoms with Gasteiger partial charge in [-0.1, -0.05) is 0 Å². The van der Waals surface area contributed by atoms with Gasteiger partial charge in [0.25, 0.3) is 0 Å². The van der Waals surface area contributed by atoms with Gasteiger partial charge in [-0.3, -0.25) is 4.90 Å². The smallest absolute Gasteiger partial charge is 0.123 e. The molecule has 1 heterocycles. The van der Waals surface area contributed by atoms with Gasteiger partial charge in [-0.15, -0.1) is 0 Å². The SMILES string of the molecule is COCCN1CCCC1c1cc(OC)ccc1OC. The maximum absolute atomic E-state index is 5.50. The molecule has 1 aromatic carbocycles. The summed E-state index contributed by atoms with van der Waals surface area (Å²) in [6.07, 6.45) is 2.38. The van der Waals surface area contributed by atoms with E-state index in [4.69, 9.17) is 14.2 Å². The van der Waals surface area contributed by atoms with Crippen LogP contribution in [-0.2, 0) is 4.74 Å². The molecule has 1 saturated heterocycles. The van der Waals surface area contributed by atoms with E-state index >= 15 is 0 Å². The first-order valence-corrected chi connectivity index (χ1v) is 6.75. The van der Waals surface area contributed by atoms with Crippen molar-refractivity contribution in [3.05, 3.63) is 23.8 Å². The van der Waals surface area contributed by atoms with E-state index in [0.717, 1.165) is 37.6 Å². The Morgan fingerprint density at radius 2 is 2.05 bits per heavy atom. The van der Waals surface area contributed by atoms with Gasteiger partial charge in [0, 0.05) is 25.3 Å². The molecule has 106 valence electrons. The highest BCUT2D eigenvalue weighted by Crippen LogP contribution is 2.38. The van der Waals surface area contributed by atoms with E-state index in [-0.39, 0.29) is 0 Å². The third kappa shape index (κ3) is 3.19. The summed E-state index contributed by atoms with van der Waals surface area (Å²) in [6.45, 7) is 2.85. The van der Waals surface area contributed by atoms with E-state index in [0.29, 0.717) is 6.04 Å². The van der Waals surface area contributed by atoms with E-state index in [1.54, 1.807) is 21.3 Å². The zero-order valence-corrected chi connectivity index (χ0v) is 12.0. The van der Waals surface area contributed by atoms with Crippen LogP contribution in [-0.4, -0.2) is 45.9 Å². The van der Waals surface area contributed by atoms with Crippen LogP contribution < -0.4 is 9.47 Å². The molecule has 0 aromatic heterocycles. The molecule has 1 unspecified atom stereocenters. The van der Waals surface area contributed by atoms with Gasteiger partial charge in [0.1, 0.15) is 11.5 Å². The Hall–Kier alpha value is -1.26. The second kappa shape index (κ2) is 6.78. The number of hydrogen-bond acceptors (Lipinski definition) is 4. The second-order valence-corrected chi connectivity index (χ2v) is 4.79.